The van der Waals surface area contributed by atoms with Crippen LogP contribution in [0.2, 0.25) is 5.28 Å². The van der Waals surface area contributed by atoms with Gasteiger partial charge in [-0.15, -0.1) is 0 Å². The number of fused-ring (bicyclic) bond motifs is 1. The van der Waals surface area contributed by atoms with E-state index >= 15 is 0 Å². The second kappa shape index (κ2) is 10.0. The quantitative estimate of drug-likeness (QED) is 0.265. The average molecular weight is 493 g/mol. The monoisotopic (exact) mass is 492 g/mol. The number of hydrogen-bond donors (Lipinski definition) is 2. The Labute approximate surface area is 196 Å². The fourth-order valence-corrected chi connectivity index (χ4v) is 5.37. The SMILES string of the molecule is CCOC(=O)c1ccccc1S(=O)(=O)NCCNc1nc(Cl)nc2c1ncn2C1CCCC1. The first-order valence-corrected chi connectivity index (χ1v) is 12.7. The van der Waals surface area contributed by atoms with Gasteiger partial charge in [0.05, 0.1) is 23.4 Å². The lowest BCUT2D eigenvalue weighted by Gasteiger charge is -2.13. The molecule has 1 aromatic carbocycles. The lowest BCUT2D eigenvalue weighted by Crippen LogP contribution is -2.30. The van der Waals surface area contributed by atoms with E-state index in [1.165, 1.54) is 25.0 Å². The Bertz CT molecular complexity index is 1260. The minimum atomic E-state index is -3.94. The fourth-order valence-electron chi connectivity index (χ4n) is 3.99. The predicted molar refractivity (Wildman–Crippen MR) is 124 cm³/mol. The first-order valence-electron chi connectivity index (χ1n) is 10.8. The normalized spacial score (nSPS) is 14.6. The molecule has 0 aliphatic heterocycles. The maximum atomic E-state index is 12.8. The summed E-state index contributed by atoms with van der Waals surface area (Å²) < 4.78 is 35.1. The smallest absolute Gasteiger partial charge is 0.339 e. The number of carbonyl (C=O) groups excluding carboxylic acids is 1. The molecule has 0 unspecified atom stereocenters. The Kier molecular flexibility index (Phi) is 7.11. The summed E-state index contributed by atoms with van der Waals surface area (Å²) >= 11 is 6.14. The summed E-state index contributed by atoms with van der Waals surface area (Å²) in [4.78, 5) is 25.0. The number of rotatable bonds is 9. The summed E-state index contributed by atoms with van der Waals surface area (Å²) in [6.45, 7) is 2.08. The van der Waals surface area contributed by atoms with Crippen LogP contribution >= 0.6 is 11.6 Å². The van der Waals surface area contributed by atoms with Gasteiger partial charge in [0.1, 0.15) is 0 Å². The van der Waals surface area contributed by atoms with E-state index < -0.39 is 16.0 Å². The van der Waals surface area contributed by atoms with Gasteiger partial charge in [0.2, 0.25) is 15.3 Å². The Hall–Kier alpha value is -2.76. The Morgan fingerprint density at radius 1 is 1.21 bits per heavy atom. The van der Waals surface area contributed by atoms with Gasteiger partial charge in [-0.3, -0.25) is 0 Å². The van der Waals surface area contributed by atoms with Crippen molar-refractivity contribution in [2.45, 2.75) is 43.5 Å². The zero-order valence-corrected chi connectivity index (χ0v) is 19.7. The van der Waals surface area contributed by atoms with E-state index in [2.05, 4.69) is 25.0 Å². The molecule has 1 fully saturated rings. The zero-order chi connectivity index (χ0) is 23.4. The number of halogens is 1. The Morgan fingerprint density at radius 3 is 2.73 bits per heavy atom. The third-order valence-corrected chi connectivity index (χ3v) is 7.18. The molecule has 10 nitrogen and oxygen atoms in total. The van der Waals surface area contributed by atoms with E-state index in [9.17, 15) is 13.2 Å². The zero-order valence-electron chi connectivity index (χ0n) is 18.1. The maximum Gasteiger partial charge on any atom is 0.339 e. The predicted octanol–water partition coefficient (Wildman–Crippen LogP) is 3.16. The number of nitrogens with one attached hydrogen (secondary N) is 2. The highest BCUT2D eigenvalue weighted by Gasteiger charge is 2.23. The van der Waals surface area contributed by atoms with Crippen molar-refractivity contribution in [1.29, 1.82) is 0 Å². The van der Waals surface area contributed by atoms with Gasteiger partial charge >= 0.3 is 5.97 Å². The number of esters is 1. The molecule has 3 aromatic rings. The van der Waals surface area contributed by atoms with Gasteiger partial charge in [0, 0.05) is 19.1 Å². The van der Waals surface area contributed by atoms with Gasteiger partial charge in [-0.2, -0.15) is 9.97 Å². The van der Waals surface area contributed by atoms with Crippen LogP contribution in [0.4, 0.5) is 5.82 Å². The lowest BCUT2D eigenvalue weighted by atomic mass is 10.2. The van der Waals surface area contributed by atoms with Gasteiger partial charge in [-0.25, -0.2) is 22.9 Å². The number of anilines is 1. The van der Waals surface area contributed by atoms with Crippen molar-refractivity contribution in [2.24, 2.45) is 0 Å². The van der Waals surface area contributed by atoms with E-state index in [1.807, 2.05) is 4.57 Å². The van der Waals surface area contributed by atoms with Crippen LogP contribution in [0.1, 0.15) is 49.0 Å². The van der Waals surface area contributed by atoms with Crippen molar-refractivity contribution >= 4 is 44.6 Å². The van der Waals surface area contributed by atoms with Crippen LogP contribution in [-0.2, 0) is 14.8 Å². The summed E-state index contributed by atoms with van der Waals surface area (Å²) in [5, 5.41) is 3.18. The standard InChI is InChI=1S/C21H25ClN6O4S/c1-2-32-20(29)15-9-5-6-10-16(15)33(30,31)25-12-11-23-18-17-19(27-21(22)26-18)28(13-24-17)14-7-3-4-8-14/h5-6,9-10,13-14,25H,2-4,7-8,11-12H2,1H3,(H,23,26,27). The molecule has 176 valence electrons. The largest absolute Gasteiger partial charge is 0.462 e. The summed E-state index contributed by atoms with van der Waals surface area (Å²) in [7, 11) is -3.94. The molecule has 0 amide bonds. The molecular formula is C21H25ClN6O4S. The third-order valence-electron chi connectivity index (χ3n) is 5.49. The molecule has 1 saturated carbocycles. The van der Waals surface area contributed by atoms with E-state index in [1.54, 1.807) is 25.4 Å². The number of aromatic nitrogens is 4. The highest BCUT2D eigenvalue weighted by atomic mass is 35.5. The summed E-state index contributed by atoms with van der Waals surface area (Å²) in [5.41, 5.74) is 1.23. The van der Waals surface area contributed by atoms with Crippen LogP contribution in [-0.4, -0.2) is 53.6 Å². The second-order valence-electron chi connectivity index (χ2n) is 7.64. The topological polar surface area (TPSA) is 128 Å². The molecule has 1 aliphatic rings. The molecule has 0 radical (unpaired) electrons. The number of imidazole rings is 1. The number of carbonyl (C=O) groups is 1. The Balaban J connectivity index is 1.45. The summed E-state index contributed by atoms with van der Waals surface area (Å²) in [5.74, 6) is -0.250. The number of sulfonamides is 1. The van der Waals surface area contributed by atoms with Crippen LogP contribution in [0, 0.1) is 0 Å². The van der Waals surface area contributed by atoms with Gasteiger partial charge in [-0.1, -0.05) is 25.0 Å². The molecule has 2 heterocycles. The number of hydrogen-bond acceptors (Lipinski definition) is 8. The van der Waals surface area contributed by atoms with E-state index in [4.69, 9.17) is 16.3 Å². The van der Waals surface area contributed by atoms with Gasteiger partial charge < -0.3 is 14.6 Å². The molecule has 2 aromatic heterocycles. The molecule has 0 spiro atoms. The van der Waals surface area contributed by atoms with Crippen LogP contribution in [0.25, 0.3) is 11.2 Å². The first-order chi connectivity index (χ1) is 15.9. The van der Waals surface area contributed by atoms with Crippen LogP contribution < -0.4 is 10.0 Å². The molecule has 0 bridgehead atoms. The molecule has 2 N–H and O–H groups in total. The summed E-state index contributed by atoms with van der Waals surface area (Å²) in [6.07, 6.45) is 6.25. The van der Waals surface area contributed by atoms with Crippen molar-refractivity contribution in [1.82, 2.24) is 24.2 Å². The van der Waals surface area contributed by atoms with Crippen molar-refractivity contribution in [3.8, 4) is 0 Å². The van der Waals surface area contributed by atoms with Crippen LogP contribution in [0.15, 0.2) is 35.5 Å². The van der Waals surface area contributed by atoms with Crippen molar-refractivity contribution < 1.29 is 17.9 Å². The van der Waals surface area contributed by atoms with Crippen LogP contribution in [0.3, 0.4) is 0 Å². The van der Waals surface area contributed by atoms with Gasteiger partial charge in [-0.05, 0) is 43.5 Å². The van der Waals surface area contributed by atoms with E-state index in [0.717, 1.165) is 12.8 Å². The summed E-state index contributed by atoms with van der Waals surface area (Å²) in [6, 6.07) is 6.27. The highest BCUT2D eigenvalue weighted by molar-refractivity contribution is 7.89. The number of nitrogens with zero attached hydrogens (tertiary/aromatic N) is 4. The maximum absolute atomic E-state index is 12.8. The number of benzene rings is 1. The molecule has 12 heteroatoms. The molecular weight excluding hydrogens is 468 g/mol. The fraction of sp³-hybridized carbons (Fsp3) is 0.429. The van der Waals surface area contributed by atoms with Crippen LogP contribution in [0.5, 0.6) is 0 Å². The Morgan fingerprint density at radius 2 is 1.97 bits per heavy atom. The van der Waals surface area contributed by atoms with E-state index in [0.29, 0.717) is 23.0 Å². The lowest BCUT2D eigenvalue weighted by molar-refractivity contribution is 0.0522. The van der Waals surface area contributed by atoms with Crippen molar-refractivity contribution in [3.63, 3.8) is 0 Å². The molecule has 4 rings (SSSR count). The second-order valence-corrected chi connectivity index (χ2v) is 9.72. The molecule has 33 heavy (non-hydrogen) atoms. The first kappa shape index (κ1) is 23.4. The molecule has 0 saturated heterocycles. The average Bonchev–Trinajstić information content (AvgIpc) is 3.46. The van der Waals surface area contributed by atoms with E-state index in [-0.39, 0.29) is 35.4 Å². The number of ether oxygens (including phenoxy) is 1. The third kappa shape index (κ3) is 5.10. The van der Waals surface area contributed by atoms with Gasteiger partial charge in [0.25, 0.3) is 0 Å². The highest BCUT2D eigenvalue weighted by Crippen LogP contribution is 2.32. The minimum Gasteiger partial charge on any atom is -0.462 e. The van der Waals surface area contributed by atoms with Crippen molar-refractivity contribution in [3.05, 3.63) is 41.4 Å². The van der Waals surface area contributed by atoms with Crippen molar-refractivity contribution in [2.75, 3.05) is 25.0 Å². The molecule has 1 aliphatic carbocycles. The minimum absolute atomic E-state index is 0.0125. The molecule has 0 atom stereocenters. The van der Waals surface area contributed by atoms with Gasteiger partial charge in [0.15, 0.2) is 17.0 Å².